The zero-order valence-corrected chi connectivity index (χ0v) is 13.9. The van der Waals surface area contributed by atoms with Crippen LogP contribution in [0.1, 0.15) is 44.8 Å². The molecule has 1 aromatic rings. The van der Waals surface area contributed by atoms with Crippen molar-refractivity contribution < 1.29 is 13.9 Å². The van der Waals surface area contributed by atoms with Crippen LogP contribution in [-0.4, -0.2) is 52.7 Å². The standard InChI is InChI=1S/C18H26F2N2O/c1-12(2)22-14-4-5-15(22)10-21(8-7-14)11-18(23)16-9-13(19)3-6-17(16)20/h3,6,9,12,14-15,18,23H,4-5,7-8,10-11H2,1-2H3. The van der Waals surface area contributed by atoms with Gasteiger partial charge in [-0.2, -0.15) is 0 Å². The van der Waals surface area contributed by atoms with Crippen LogP contribution in [0, 0.1) is 11.6 Å². The van der Waals surface area contributed by atoms with Crippen molar-refractivity contribution in [3.63, 3.8) is 0 Å². The maximum absolute atomic E-state index is 13.8. The lowest BCUT2D eigenvalue weighted by molar-refractivity contribution is 0.0978. The van der Waals surface area contributed by atoms with Crippen molar-refractivity contribution in [2.45, 2.75) is 57.3 Å². The molecule has 2 bridgehead atoms. The van der Waals surface area contributed by atoms with Crippen molar-refractivity contribution in [3.8, 4) is 0 Å². The van der Waals surface area contributed by atoms with Gasteiger partial charge in [-0.1, -0.05) is 0 Å². The second-order valence-corrected chi connectivity index (χ2v) is 7.16. The van der Waals surface area contributed by atoms with E-state index in [-0.39, 0.29) is 5.56 Å². The Kier molecular flexibility index (Phi) is 4.99. The van der Waals surface area contributed by atoms with Crippen LogP contribution in [0.15, 0.2) is 18.2 Å². The lowest BCUT2D eigenvalue weighted by atomic mass is 10.1. The summed E-state index contributed by atoms with van der Waals surface area (Å²) in [5, 5.41) is 10.4. The van der Waals surface area contributed by atoms with Crippen LogP contribution in [0.2, 0.25) is 0 Å². The largest absolute Gasteiger partial charge is 0.387 e. The predicted molar refractivity (Wildman–Crippen MR) is 86.2 cm³/mol. The molecule has 3 nitrogen and oxygen atoms in total. The molecule has 128 valence electrons. The minimum absolute atomic E-state index is 0.0557. The van der Waals surface area contributed by atoms with Gasteiger partial charge >= 0.3 is 0 Å². The topological polar surface area (TPSA) is 26.7 Å². The lowest BCUT2D eigenvalue weighted by Crippen LogP contribution is -2.43. The number of fused-ring (bicyclic) bond motifs is 2. The molecule has 5 heteroatoms. The van der Waals surface area contributed by atoms with Crippen LogP contribution in [0.4, 0.5) is 8.78 Å². The van der Waals surface area contributed by atoms with Gasteiger partial charge in [-0.15, -0.1) is 0 Å². The van der Waals surface area contributed by atoms with E-state index < -0.39 is 17.7 Å². The Morgan fingerprint density at radius 3 is 2.65 bits per heavy atom. The van der Waals surface area contributed by atoms with Crippen LogP contribution in [0.5, 0.6) is 0 Å². The molecule has 2 aliphatic rings. The van der Waals surface area contributed by atoms with Gasteiger partial charge < -0.3 is 5.11 Å². The van der Waals surface area contributed by atoms with E-state index in [2.05, 4.69) is 23.6 Å². The van der Waals surface area contributed by atoms with Gasteiger partial charge in [-0.05, 0) is 57.9 Å². The van der Waals surface area contributed by atoms with Crippen molar-refractivity contribution in [2.24, 2.45) is 0 Å². The highest BCUT2D eigenvalue weighted by atomic mass is 19.1. The number of hydrogen-bond donors (Lipinski definition) is 1. The molecular weight excluding hydrogens is 298 g/mol. The number of hydrogen-bond acceptors (Lipinski definition) is 3. The molecule has 3 unspecified atom stereocenters. The third-order valence-corrected chi connectivity index (χ3v) is 5.27. The molecule has 23 heavy (non-hydrogen) atoms. The molecule has 2 heterocycles. The first-order chi connectivity index (χ1) is 11.0. The summed E-state index contributed by atoms with van der Waals surface area (Å²) < 4.78 is 27.1. The second-order valence-electron chi connectivity index (χ2n) is 7.16. The minimum atomic E-state index is -0.991. The highest BCUT2D eigenvalue weighted by molar-refractivity contribution is 5.21. The highest BCUT2D eigenvalue weighted by Crippen LogP contribution is 2.32. The van der Waals surface area contributed by atoms with Crippen LogP contribution < -0.4 is 0 Å². The first kappa shape index (κ1) is 16.8. The van der Waals surface area contributed by atoms with Gasteiger partial charge in [0.1, 0.15) is 11.6 Å². The summed E-state index contributed by atoms with van der Waals surface area (Å²) in [4.78, 5) is 4.80. The molecule has 0 spiro atoms. The zero-order valence-electron chi connectivity index (χ0n) is 13.9. The molecule has 0 radical (unpaired) electrons. The quantitative estimate of drug-likeness (QED) is 0.922. The van der Waals surface area contributed by atoms with E-state index in [0.717, 1.165) is 37.7 Å². The van der Waals surface area contributed by atoms with Gasteiger partial charge in [0.2, 0.25) is 0 Å². The van der Waals surface area contributed by atoms with Crippen molar-refractivity contribution in [3.05, 3.63) is 35.4 Å². The zero-order chi connectivity index (χ0) is 16.6. The fourth-order valence-electron chi connectivity index (χ4n) is 4.30. The average molecular weight is 324 g/mol. The second kappa shape index (κ2) is 6.83. The molecule has 0 aromatic heterocycles. The molecule has 1 N–H and O–H groups in total. The number of nitrogens with zero attached hydrogens (tertiary/aromatic N) is 2. The Labute approximate surface area is 136 Å². The molecule has 2 aliphatic heterocycles. The Bertz CT molecular complexity index is 552. The molecule has 0 amide bonds. The van der Waals surface area contributed by atoms with Gasteiger partial charge in [0.15, 0.2) is 0 Å². The van der Waals surface area contributed by atoms with Crippen molar-refractivity contribution >= 4 is 0 Å². The summed E-state index contributed by atoms with van der Waals surface area (Å²) in [6.07, 6.45) is 2.52. The Morgan fingerprint density at radius 2 is 1.91 bits per heavy atom. The molecule has 2 fully saturated rings. The van der Waals surface area contributed by atoms with E-state index in [0.29, 0.717) is 24.7 Å². The lowest BCUT2D eigenvalue weighted by Gasteiger charge is -2.32. The van der Waals surface area contributed by atoms with E-state index in [1.165, 1.54) is 12.8 Å². The van der Waals surface area contributed by atoms with Gasteiger partial charge in [0.05, 0.1) is 6.10 Å². The molecule has 2 saturated heterocycles. The Hall–Kier alpha value is -1.04. The van der Waals surface area contributed by atoms with Crippen molar-refractivity contribution in [1.82, 2.24) is 9.80 Å². The van der Waals surface area contributed by atoms with Gasteiger partial charge in [0.25, 0.3) is 0 Å². The highest BCUT2D eigenvalue weighted by Gasteiger charge is 2.38. The number of rotatable bonds is 4. The van der Waals surface area contributed by atoms with E-state index in [1.54, 1.807) is 0 Å². The summed E-state index contributed by atoms with van der Waals surface area (Å²) >= 11 is 0. The maximum Gasteiger partial charge on any atom is 0.129 e. The average Bonchev–Trinajstić information content (AvgIpc) is 2.79. The number of aliphatic hydroxyl groups is 1. The first-order valence-electron chi connectivity index (χ1n) is 8.58. The smallest absolute Gasteiger partial charge is 0.129 e. The number of likely N-dealkylation sites (tertiary alicyclic amines) is 1. The van der Waals surface area contributed by atoms with E-state index in [9.17, 15) is 13.9 Å². The maximum atomic E-state index is 13.8. The van der Waals surface area contributed by atoms with Crippen LogP contribution >= 0.6 is 0 Å². The van der Waals surface area contributed by atoms with Crippen LogP contribution in [0.25, 0.3) is 0 Å². The molecule has 3 rings (SSSR count). The summed E-state index contributed by atoms with van der Waals surface area (Å²) in [6, 6.07) is 4.92. The van der Waals surface area contributed by atoms with Gasteiger partial charge in [-0.3, -0.25) is 9.80 Å². The van der Waals surface area contributed by atoms with E-state index in [4.69, 9.17) is 0 Å². The van der Waals surface area contributed by atoms with E-state index in [1.807, 2.05) is 0 Å². The molecule has 1 aromatic carbocycles. The normalized spacial score (nSPS) is 27.4. The Morgan fingerprint density at radius 1 is 1.17 bits per heavy atom. The third-order valence-electron chi connectivity index (χ3n) is 5.27. The fraction of sp³-hybridized carbons (Fsp3) is 0.667. The summed E-state index contributed by atoms with van der Waals surface area (Å²) in [7, 11) is 0. The summed E-state index contributed by atoms with van der Waals surface area (Å²) in [5.74, 6) is -1.06. The van der Waals surface area contributed by atoms with Crippen molar-refractivity contribution in [2.75, 3.05) is 19.6 Å². The SMILES string of the molecule is CC(C)N1C2CCC1CN(CC(O)c1cc(F)ccc1F)CC2. The summed E-state index contributed by atoms with van der Waals surface area (Å²) in [5.41, 5.74) is 0.0557. The van der Waals surface area contributed by atoms with Crippen molar-refractivity contribution in [1.29, 1.82) is 0 Å². The predicted octanol–water partition coefficient (Wildman–Crippen LogP) is 2.95. The fourth-order valence-corrected chi connectivity index (χ4v) is 4.30. The Balaban J connectivity index is 1.68. The minimum Gasteiger partial charge on any atom is -0.387 e. The van der Waals surface area contributed by atoms with Gasteiger partial charge in [-0.25, -0.2) is 8.78 Å². The van der Waals surface area contributed by atoms with Gasteiger partial charge in [0, 0.05) is 36.8 Å². The molecule has 0 saturated carbocycles. The third kappa shape index (κ3) is 3.57. The monoisotopic (exact) mass is 324 g/mol. The summed E-state index contributed by atoms with van der Waals surface area (Å²) in [6.45, 7) is 6.62. The number of halogens is 2. The first-order valence-corrected chi connectivity index (χ1v) is 8.58. The number of β-amino-alcohol motifs (C(OH)–C–C–N with tert-alkyl or cyclic N) is 1. The van der Waals surface area contributed by atoms with E-state index >= 15 is 0 Å². The number of aliphatic hydroxyl groups excluding tert-OH is 1. The molecule has 0 aliphatic carbocycles. The van der Waals surface area contributed by atoms with Crippen LogP contribution in [0.3, 0.4) is 0 Å². The number of benzene rings is 1. The molecule has 3 atom stereocenters. The molecular formula is C18H26F2N2O. The van der Waals surface area contributed by atoms with Crippen LogP contribution in [-0.2, 0) is 0 Å².